The zero-order chi connectivity index (χ0) is 25.1. The summed E-state index contributed by atoms with van der Waals surface area (Å²) in [6.45, 7) is 0.333. The second kappa shape index (κ2) is 9.78. The monoisotopic (exact) mass is 507 g/mol. The van der Waals surface area contributed by atoms with Gasteiger partial charge in [0.2, 0.25) is 5.95 Å². The highest BCUT2D eigenvalue weighted by Crippen LogP contribution is 2.33. The quantitative estimate of drug-likeness (QED) is 0.230. The van der Waals surface area contributed by atoms with E-state index < -0.39 is 15.7 Å². The highest BCUT2D eigenvalue weighted by atomic mass is 32.2. The number of sulfone groups is 1. The number of halogens is 1. The maximum atomic E-state index is 13.1. The van der Waals surface area contributed by atoms with E-state index in [4.69, 9.17) is 9.15 Å². The molecular formula is C25H22FN5O4S. The zero-order valence-electron chi connectivity index (χ0n) is 19.3. The van der Waals surface area contributed by atoms with Gasteiger partial charge in [0.25, 0.3) is 0 Å². The molecule has 0 bridgehead atoms. The maximum Gasteiger partial charge on any atom is 0.306 e. The van der Waals surface area contributed by atoms with Gasteiger partial charge in [0.05, 0.1) is 23.5 Å². The van der Waals surface area contributed by atoms with Crippen molar-refractivity contribution in [3.05, 3.63) is 79.1 Å². The first-order valence-corrected chi connectivity index (χ1v) is 12.8. The Morgan fingerprint density at radius 3 is 2.75 bits per heavy atom. The number of nitrogens with zero attached hydrogens (tertiary/aromatic N) is 4. The fraction of sp³-hybridized carbons (Fsp3) is 0.160. The third-order valence-corrected chi connectivity index (χ3v) is 7.37. The summed E-state index contributed by atoms with van der Waals surface area (Å²) in [7, 11) is -1.91. The minimum absolute atomic E-state index is 0.0937. The Labute approximate surface area is 206 Å². The standard InChI is InChI=1S/C25H22FN5O4S/c1-34-19-5-2-4-17(16-19)22-23(31-13-14-35-25(31)30-22)21-10-12-28-24(29-21)27-11-3-15-36(32,33)20-8-6-18(26)7-9-20/h2,4-10,12-14,16H,3,11,15H2,1H3,(H,27,28,29). The van der Waals surface area contributed by atoms with Crippen LogP contribution in [0, 0.1) is 5.82 Å². The molecule has 11 heteroatoms. The normalized spacial score (nSPS) is 11.6. The molecule has 36 heavy (non-hydrogen) atoms. The number of nitrogens with one attached hydrogen (secondary N) is 1. The van der Waals surface area contributed by atoms with Crippen LogP contribution >= 0.6 is 0 Å². The predicted octanol–water partition coefficient (Wildman–Crippen LogP) is 4.47. The lowest BCUT2D eigenvalue weighted by molar-refractivity contribution is 0.415. The van der Waals surface area contributed by atoms with E-state index in [9.17, 15) is 12.8 Å². The minimum atomic E-state index is -3.51. The molecule has 1 N–H and O–H groups in total. The molecule has 0 atom stereocenters. The summed E-state index contributed by atoms with van der Waals surface area (Å²) in [5.41, 5.74) is 2.83. The number of hydrogen-bond acceptors (Lipinski definition) is 8. The third-order valence-electron chi connectivity index (χ3n) is 5.55. The van der Waals surface area contributed by atoms with Crippen molar-refractivity contribution in [1.29, 1.82) is 0 Å². The van der Waals surface area contributed by atoms with Gasteiger partial charge in [-0.2, -0.15) is 4.98 Å². The van der Waals surface area contributed by atoms with Crippen LogP contribution in [0.25, 0.3) is 28.5 Å². The van der Waals surface area contributed by atoms with Crippen LogP contribution in [0.2, 0.25) is 0 Å². The molecule has 5 rings (SSSR count). The minimum Gasteiger partial charge on any atom is -0.497 e. The summed E-state index contributed by atoms with van der Waals surface area (Å²) >= 11 is 0. The molecular weight excluding hydrogens is 485 g/mol. The van der Waals surface area contributed by atoms with Crippen molar-refractivity contribution in [2.45, 2.75) is 11.3 Å². The summed E-state index contributed by atoms with van der Waals surface area (Å²) in [5, 5.41) is 3.08. The fourth-order valence-corrected chi connectivity index (χ4v) is 5.11. The largest absolute Gasteiger partial charge is 0.497 e. The van der Waals surface area contributed by atoms with E-state index in [-0.39, 0.29) is 10.6 Å². The summed E-state index contributed by atoms with van der Waals surface area (Å²) in [6.07, 6.45) is 5.25. The molecule has 0 radical (unpaired) electrons. The Bertz CT molecular complexity index is 1610. The second-order valence-corrected chi connectivity index (χ2v) is 10.0. The van der Waals surface area contributed by atoms with Crippen molar-refractivity contribution >= 4 is 21.6 Å². The van der Waals surface area contributed by atoms with Crippen LogP contribution in [0.1, 0.15) is 6.42 Å². The fourth-order valence-electron chi connectivity index (χ4n) is 3.80. The number of anilines is 1. The van der Waals surface area contributed by atoms with Crippen molar-refractivity contribution in [1.82, 2.24) is 19.4 Å². The number of imidazole rings is 1. The number of hydrogen-bond donors (Lipinski definition) is 1. The first-order valence-electron chi connectivity index (χ1n) is 11.1. The molecule has 0 saturated carbocycles. The molecule has 0 fully saturated rings. The topological polar surface area (TPSA) is 112 Å². The summed E-state index contributed by atoms with van der Waals surface area (Å²) in [4.78, 5) is 13.6. The molecule has 0 aliphatic carbocycles. The van der Waals surface area contributed by atoms with Gasteiger partial charge in [0.15, 0.2) is 9.84 Å². The van der Waals surface area contributed by atoms with Crippen LogP contribution in [0.4, 0.5) is 10.3 Å². The number of ether oxygens (including phenoxy) is 1. The molecule has 0 aliphatic rings. The van der Waals surface area contributed by atoms with Crippen molar-refractivity contribution in [2.24, 2.45) is 0 Å². The molecule has 3 heterocycles. The zero-order valence-corrected chi connectivity index (χ0v) is 20.1. The van der Waals surface area contributed by atoms with Crippen molar-refractivity contribution < 1.29 is 22.0 Å². The lowest BCUT2D eigenvalue weighted by Crippen LogP contribution is -2.13. The Morgan fingerprint density at radius 2 is 1.94 bits per heavy atom. The number of rotatable bonds is 9. The van der Waals surface area contributed by atoms with Crippen LogP contribution in [0.3, 0.4) is 0 Å². The molecule has 5 aromatic rings. The lowest BCUT2D eigenvalue weighted by Gasteiger charge is -2.09. The molecule has 0 unspecified atom stereocenters. The number of aromatic nitrogens is 4. The van der Waals surface area contributed by atoms with Crippen LogP contribution in [0.15, 0.2) is 82.6 Å². The first-order chi connectivity index (χ1) is 17.4. The van der Waals surface area contributed by atoms with Gasteiger partial charge in [0.1, 0.15) is 29.2 Å². The Hall–Kier alpha value is -4.25. The van der Waals surface area contributed by atoms with Gasteiger partial charge in [-0.1, -0.05) is 12.1 Å². The highest BCUT2D eigenvalue weighted by molar-refractivity contribution is 7.91. The van der Waals surface area contributed by atoms with E-state index in [0.29, 0.717) is 41.9 Å². The molecule has 2 aromatic carbocycles. The highest BCUT2D eigenvalue weighted by Gasteiger charge is 2.20. The van der Waals surface area contributed by atoms with Crippen molar-refractivity contribution in [3.8, 4) is 28.4 Å². The van der Waals surface area contributed by atoms with Crippen LogP contribution in [-0.2, 0) is 9.84 Å². The van der Waals surface area contributed by atoms with E-state index >= 15 is 0 Å². The van der Waals surface area contributed by atoms with Gasteiger partial charge in [-0.25, -0.2) is 22.8 Å². The summed E-state index contributed by atoms with van der Waals surface area (Å²) in [5.74, 6) is 0.893. The van der Waals surface area contributed by atoms with Crippen LogP contribution < -0.4 is 10.1 Å². The molecule has 9 nitrogen and oxygen atoms in total. The second-order valence-electron chi connectivity index (χ2n) is 7.92. The Balaban J connectivity index is 1.35. The average Bonchev–Trinajstić information content (AvgIpc) is 3.49. The Kier molecular flexibility index (Phi) is 6.38. The Morgan fingerprint density at radius 1 is 1.11 bits per heavy atom. The predicted molar refractivity (Wildman–Crippen MR) is 132 cm³/mol. The van der Waals surface area contributed by atoms with Gasteiger partial charge in [-0.3, -0.25) is 4.40 Å². The molecule has 0 spiro atoms. The van der Waals surface area contributed by atoms with Gasteiger partial charge in [-0.15, -0.1) is 0 Å². The maximum absolute atomic E-state index is 13.1. The number of methoxy groups -OCH3 is 1. The SMILES string of the molecule is COc1cccc(-c2nc3occn3c2-c2ccnc(NCCCS(=O)(=O)c3ccc(F)cc3)n2)c1. The van der Waals surface area contributed by atoms with Gasteiger partial charge >= 0.3 is 5.84 Å². The van der Waals surface area contributed by atoms with Crippen LogP contribution in [-0.4, -0.2) is 47.2 Å². The number of benzene rings is 2. The van der Waals surface area contributed by atoms with E-state index in [2.05, 4.69) is 20.3 Å². The smallest absolute Gasteiger partial charge is 0.306 e. The molecule has 0 saturated heterocycles. The van der Waals surface area contributed by atoms with Crippen molar-refractivity contribution in [2.75, 3.05) is 24.7 Å². The molecule has 0 amide bonds. The number of fused-ring (bicyclic) bond motifs is 1. The van der Waals surface area contributed by atoms with E-state index in [1.165, 1.54) is 12.1 Å². The summed E-state index contributed by atoms with van der Waals surface area (Å²) in [6, 6.07) is 14.1. The van der Waals surface area contributed by atoms with E-state index in [1.54, 1.807) is 36.2 Å². The molecule has 3 aromatic heterocycles. The van der Waals surface area contributed by atoms with Crippen LogP contribution in [0.5, 0.6) is 5.75 Å². The van der Waals surface area contributed by atoms with E-state index in [0.717, 1.165) is 23.4 Å². The van der Waals surface area contributed by atoms with Gasteiger partial charge in [-0.05, 0) is 48.9 Å². The van der Waals surface area contributed by atoms with Crippen molar-refractivity contribution in [3.63, 3.8) is 0 Å². The van der Waals surface area contributed by atoms with Gasteiger partial charge < -0.3 is 14.5 Å². The molecule has 184 valence electrons. The average molecular weight is 508 g/mol. The molecule has 0 aliphatic heterocycles. The lowest BCUT2D eigenvalue weighted by atomic mass is 10.1. The number of oxazole rings is 1. The third kappa shape index (κ3) is 4.78. The summed E-state index contributed by atoms with van der Waals surface area (Å²) < 4.78 is 50.7. The van der Waals surface area contributed by atoms with E-state index in [1.807, 2.05) is 24.3 Å². The first kappa shape index (κ1) is 23.5. The van der Waals surface area contributed by atoms with Gasteiger partial charge in [0, 0.05) is 24.5 Å².